The Bertz CT molecular complexity index is 571. The second-order valence-corrected chi connectivity index (χ2v) is 9.17. The van der Waals surface area contributed by atoms with Crippen LogP contribution >= 0.6 is 0 Å². The van der Waals surface area contributed by atoms with Crippen molar-refractivity contribution >= 4 is 11.9 Å². The molecule has 0 saturated heterocycles. The van der Waals surface area contributed by atoms with E-state index >= 15 is 0 Å². The van der Waals surface area contributed by atoms with Gasteiger partial charge in [-0.15, -0.1) is 0 Å². The maximum absolute atomic E-state index is 11.3. The maximum atomic E-state index is 11.3. The second-order valence-electron chi connectivity index (χ2n) is 9.17. The van der Waals surface area contributed by atoms with Crippen LogP contribution in [0.1, 0.15) is 51.9 Å². The molecule has 0 aliphatic carbocycles. The van der Waals surface area contributed by atoms with Crippen LogP contribution in [0.5, 0.6) is 0 Å². The summed E-state index contributed by atoms with van der Waals surface area (Å²) in [5.74, 6) is -1.24. The van der Waals surface area contributed by atoms with Gasteiger partial charge in [0.05, 0.1) is 112 Å². The predicted octanol–water partition coefficient (Wildman–Crippen LogP) is 2.09. The highest BCUT2D eigenvalue weighted by molar-refractivity contribution is 5.80. The minimum Gasteiger partial charge on any atom is -0.481 e. The largest absolute Gasteiger partial charge is 0.481 e. The number of hydrogen-bond donors (Lipinski definition) is 2. The van der Waals surface area contributed by atoms with Crippen molar-refractivity contribution in [3.63, 3.8) is 0 Å². The number of aliphatic carboxylic acids is 1. The fourth-order valence-electron chi connectivity index (χ4n) is 3.20. The molecule has 0 unspecified atom stereocenters. The molecule has 0 aromatic carbocycles. The van der Waals surface area contributed by atoms with Crippen LogP contribution in [0.3, 0.4) is 0 Å². The molecule has 0 atom stereocenters. The van der Waals surface area contributed by atoms with Gasteiger partial charge in [-0.2, -0.15) is 0 Å². The van der Waals surface area contributed by atoms with Crippen molar-refractivity contribution in [1.82, 2.24) is 5.32 Å². The lowest BCUT2D eigenvalue weighted by molar-refractivity contribution is -0.138. The first-order chi connectivity index (χ1) is 20.7. The number of carbonyl (C=O) groups is 2. The van der Waals surface area contributed by atoms with E-state index in [0.717, 1.165) is 13.0 Å². The van der Waals surface area contributed by atoms with Gasteiger partial charge in [0.2, 0.25) is 5.91 Å². The molecular formula is C29H57NO12. The molecule has 0 spiro atoms. The Balaban J connectivity index is 3.08. The van der Waals surface area contributed by atoms with Crippen molar-refractivity contribution in [3.8, 4) is 0 Å². The summed E-state index contributed by atoms with van der Waals surface area (Å²) in [5.41, 5.74) is 0. The van der Waals surface area contributed by atoms with Crippen LogP contribution in [0.4, 0.5) is 0 Å². The predicted molar refractivity (Wildman–Crippen MR) is 156 cm³/mol. The Morgan fingerprint density at radius 1 is 0.452 bits per heavy atom. The molecule has 0 rings (SSSR count). The molecule has 0 aromatic rings. The lowest BCUT2D eigenvalue weighted by Gasteiger charge is -2.09. The van der Waals surface area contributed by atoms with E-state index in [1.54, 1.807) is 0 Å². The Hall–Kier alpha value is -1.42. The van der Waals surface area contributed by atoms with E-state index in [0.29, 0.717) is 125 Å². The average Bonchev–Trinajstić information content (AvgIpc) is 2.98. The molecule has 0 bridgehead atoms. The number of carbonyl (C=O) groups excluding carboxylic acids is 1. The van der Waals surface area contributed by atoms with Crippen LogP contribution in [-0.4, -0.2) is 142 Å². The molecule has 13 nitrogen and oxygen atoms in total. The van der Waals surface area contributed by atoms with Gasteiger partial charge in [-0.1, -0.05) is 26.2 Å². The highest BCUT2D eigenvalue weighted by Crippen LogP contribution is 1.98. The van der Waals surface area contributed by atoms with E-state index in [2.05, 4.69) is 12.2 Å². The molecule has 0 heterocycles. The SMILES string of the molecule is CCCCCCOCCOCCOCCOCCOCCOCCOCCOCCOCCCNC(=O)CCC(=O)O. The van der Waals surface area contributed by atoms with Crippen molar-refractivity contribution < 1.29 is 57.3 Å². The normalized spacial score (nSPS) is 11.3. The Morgan fingerprint density at radius 2 is 0.786 bits per heavy atom. The van der Waals surface area contributed by atoms with E-state index in [9.17, 15) is 9.59 Å². The van der Waals surface area contributed by atoms with Gasteiger partial charge in [-0.3, -0.25) is 9.59 Å². The molecule has 42 heavy (non-hydrogen) atoms. The van der Waals surface area contributed by atoms with Gasteiger partial charge in [0, 0.05) is 26.2 Å². The fourth-order valence-corrected chi connectivity index (χ4v) is 3.20. The first-order valence-corrected chi connectivity index (χ1v) is 15.3. The van der Waals surface area contributed by atoms with E-state index < -0.39 is 5.97 Å². The first-order valence-electron chi connectivity index (χ1n) is 15.3. The zero-order valence-corrected chi connectivity index (χ0v) is 25.8. The van der Waals surface area contributed by atoms with Gasteiger partial charge < -0.3 is 53.1 Å². The summed E-state index contributed by atoms with van der Waals surface area (Å²) in [6.45, 7) is 12.2. The maximum Gasteiger partial charge on any atom is 0.303 e. The van der Waals surface area contributed by atoms with Crippen molar-refractivity contribution in [2.24, 2.45) is 0 Å². The van der Waals surface area contributed by atoms with Gasteiger partial charge in [0.25, 0.3) is 0 Å². The van der Waals surface area contributed by atoms with E-state index in [4.69, 9.17) is 47.7 Å². The van der Waals surface area contributed by atoms with Crippen molar-refractivity contribution in [2.45, 2.75) is 51.9 Å². The summed E-state index contributed by atoms with van der Waals surface area (Å²) in [5, 5.41) is 11.2. The zero-order chi connectivity index (χ0) is 30.6. The topological polar surface area (TPSA) is 149 Å². The number of carboxylic acid groups (broad SMARTS) is 1. The third-order valence-corrected chi connectivity index (χ3v) is 5.47. The molecular weight excluding hydrogens is 554 g/mol. The van der Waals surface area contributed by atoms with Crippen LogP contribution in [0.15, 0.2) is 0 Å². The molecule has 0 aliphatic heterocycles. The zero-order valence-electron chi connectivity index (χ0n) is 25.8. The van der Waals surface area contributed by atoms with E-state index in [1.165, 1.54) is 19.3 Å². The number of unbranched alkanes of at least 4 members (excludes halogenated alkanes) is 3. The number of nitrogens with one attached hydrogen (secondary N) is 1. The summed E-state index contributed by atoms with van der Waals surface area (Å²) < 4.78 is 49.1. The van der Waals surface area contributed by atoms with Gasteiger partial charge in [0.1, 0.15) is 0 Å². The number of ether oxygens (including phenoxy) is 9. The van der Waals surface area contributed by atoms with Gasteiger partial charge in [-0.25, -0.2) is 0 Å². The smallest absolute Gasteiger partial charge is 0.303 e. The van der Waals surface area contributed by atoms with Crippen LogP contribution in [-0.2, 0) is 52.2 Å². The number of hydrogen-bond acceptors (Lipinski definition) is 11. The lowest BCUT2D eigenvalue weighted by Crippen LogP contribution is -2.25. The molecule has 0 aliphatic rings. The Labute approximate surface area is 252 Å². The monoisotopic (exact) mass is 611 g/mol. The minimum absolute atomic E-state index is 0.00574. The Kier molecular flexibility index (Phi) is 34.6. The highest BCUT2D eigenvalue weighted by atomic mass is 16.6. The third kappa shape index (κ3) is 36.6. The molecule has 0 fully saturated rings. The van der Waals surface area contributed by atoms with Crippen molar-refractivity contribution in [1.29, 1.82) is 0 Å². The molecule has 0 radical (unpaired) electrons. The third-order valence-electron chi connectivity index (χ3n) is 5.47. The first kappa shape index (κ1) is 40.6. The summed E-state index contributed by atoms with van der Waals surface area (Å²) in [7, 11) is 0. The molecule has 2 N–H and O–H groups in total. The quantitative estimate of drug-likeness (QED) is 0.0999. The minimum atomic E-state index is -0.979. The summed E-state index contributed by atoms with van der Waals surface area (Å²) in [6.07, 6.45) is 5.36. The number of carboxylic acids is 1. The summed E-state index contributed by atoms with van der Waals surface area (Å²) in [6, 6.07) is 0. The van der Waals surface area contributed by atoms with Gasteiger partial charge in [0.15, 0.2) is 0 Å². The lowest BCUT2D eigenvalue weighted by atomic mass is 10.2. The van der Waals surface area contributed by atoms with Gasteiger partial charge >= 0.3 is 5.97 Å². The van der Waals surface area contributed by atoms with E-state index in [1.807, 2.05) is 0 Å². The second kappa shape index (κ2) is 35.8. The molecule has 1 amide bonds. The molecule has 0 saturated carbocycles. The number of rotatable bonds is 36. The number of amides is 1. The standard InChI is InChI=1S/C29H57NO12/c1-2-3-4-5-10-34-12-14-36-16-18-38-20-22-40-24-26-42-27-25-41-23-21-39-19-17-37-15-13-35-11-6-9-30-28(31)7-8-29(32)33/h2-27H2,1H3,(H,30,31)(H,32,33). The Morgan fingerprint density at radius 3 is 1.12 bits per heavy atom. The molecule has 13 heteroatoms. The van der Waals surface area contributed by atoms with Crippen LogP contribution < -0.4 is 5.32 Å². The molecule has 250 valence electrons. The van der Waals surface area contributed by atoms with E-state index in [-0.39, 0.29) is 18.7 Å². The molecule has 0 aromatic heterocycles. The average molecular weight is 612 g/mol. The van der Waals surface area contributed by atoms with Crippen LogP contribution in [0, 0.1) is 0 Å². The highest BCUT2D eigenvalue weighted by Gasteiger charge is 2.04. The van der Waals surface area contributed by atoms with Crippen molar-refractivity contribution in [3.05, 3.63) is 0 Å². The van der Waals surface area contributed by atoms with Gasteiger partial charge in [-0.05, 0) is 12.8 Å². The van der Waals surface area contributed by atoms with Crippen LogP contribution in [0.2, 0.25) is 0 Å². The summed E-state index contributed by atoms with van der Waals surface area (Å²) in [4.78, 5) is 21.7. The fraction of sp³-hybridized carbons (Fsp3) is 0.931. The summed E-state index contributed by atoms with van der Waals surface area (Å²) >= 11 is 0. The van der Waals surface area contributed by atoms with Crippen molar-refractivity contribution in [2.75, 3.05) is 125 Å². The van der Waals surface area contributed by atoms with Crippen LogP contribution in [0.25, 0.3) is 0 Å².